The average Bonchev–Trinajstić information content (AvgIpc) is 2.50. The third kappa shape index (κ3) is 4.13. The van der Waals surface area contributed by atoms with E-state index < -0.39 is 6.10 Å². The molecule has 0 radical (unpaired) electrons. The largest absolute Gasteiger partial charge is 0.497 e. The lowest BCUT2D eigenvalue weighted by molar-refractivity contribution is -0.122. The summed E-state index contributed by atoms with van der Waals surface area (Å²) in [6, 6.07) is 14.1. The third-order valence-corrected chi connectivity index (χ3v) is 3.18. The van der Waals surface area contributed by atoms with Crippen molar-refractivity contribution in [1.82, 2.24) is 0 Å². The number of para-hydroxylation sites is 1. The molecule has 1 amide bonds. The number of ether oxygens (including phenoxy) is 2. The molecule has 2 rings (SSSR count). The Morgan fingerprint density at radius 2 is 1.81 bits per heavy atom. The van der Waals surface area contributed by atoms with Crippen molar-refractivity contribution in [1.29, 1.82) is 0 Å². The maximum absolute atomic E-state index is 12.1. The molecule has 0 saturated carbocycles. The van der Waals surface area contributed by atoms with Crippen molar-refractivity contribution >= 4 is 23.2 Å². The highest BCUT2D eigenvalue weighted by Crippen LogP contribution is 2.24. The van der Waals surface area contributed by atoms with E-state index in [9.17, 15) is 4.79 Å². The molecular formula is C16H16ClNO3. The highest BCUT2D eigenvalue weighted by Gasteiger charge is 2.16. The second kappa shape index (κ2) is 6.99. The van der Waals surface area contributed by atoms with E-state index in [4.69, 9.17) is 21.1 Å². The van der Waals surface area contributed by atoms with Gasteiger partial charge in [-0.15, -0.1) is 0 Å². The van der Waals surface area contributed by atoms with Crippen LogP contribution < -0.4 is 14.8 Å². The Bertz CT molecular complexity index is 613. The fourth-order valence-corrected chi connectivity index (χ4v) is 1.88. The first-order valence-electron chi connectivity index (χ1n) is 6.46. The van der Waals surface area contributed by atoms with E-state index in [1.807, 2.05) is 0 Å². The summed E-state index contributed by atoms with van der Waals surface area (Å²) in [5.74, 6) is 0.963. The van der Waals surface area contributed by atoms with Gasteiger partial charge in [-0.1, -0.05) is 23.7 Å². The Morgan fingerprint density at radius 3 is 2.43 bits per heavy atom. The van der Waals surface area contributed by atoms with E-state index in [1.54, 1.807) is 62.6 Å². The van der Waals surface area contributed by atoms with Crippen LogP contribution in [0.5, 0.6) is 11.5 Å². The number of benzene rings is 2. The lowest BCUT2D eigenvalue weighted by Gasteiger charge is -2.15. The van der Waals surface area contributed by atoms with E-state index >= 15 is 0 Å². The standard InChI is InChI=1S/C16H16ClNO3/c1-11(21-15-6-4-3-5-14(15)17)16(19)18-12-7-9-13(20-2)10-8-12/h3-11H,1-2H3,(H,18,19). The molecule has 0 spiro atoms. The number of anilines is 1. The smallest absolute Gasteiger partial charge is 0.265 e. The molecule has 0 aliphatic rings. The fourth-order valence-electron chi connectivity index (χ4n) is 1.70. The van der Waals surface area contributed by atoms with Crippen molar-refractivity contribution in [2.45, 2.75) is 13.0 Å². The van der Waals surface area contributed by atoms with Gasteiger partial charge in [-0.25, -0.2) is 0 Å². The summed E-state index contributed by atoms with van der Waals surface area (Å²) >= 11 is 6.00. The Hall–Kier alpha value is -2.20. The van der Waals surface area contributed by atoms with Crippen LogP contribution in [0.3, 0.4) is 0 Å². The number of halogens is 1. The van der Waals surface area contributed by atoms with Crippen LogP contribution in [0.2, 0.25) is 5.02 Å². The Morgan fingerprint density at radius 1 is 1.14 bits per heavy atom. The van der Waals surface area contributed by atoms with Crippen LogP contribution in [0.1, 0.15) is 6.92 Å². The topological polar surface area (TPSA) is 47.6 Å². The normalized spacial score (nSPS) is 11.6. The van der Waals surface area contributed by atoms with E-state index in [0.717, 1.165) is 5.75 Å². The van der Waals surface area contributed by atoms with Crippen molar-refractivity contribution in [3.8, 4) is 11.5 Å². The molecule has 5 heteroatoms. The molecule has 1 N–H and O–H groups in total. The van der Waals surface area contributed by atoms with Crippen molar-refractivity contribution in [2.24, 2.45) is 0 Å². The summed E-state index contributed by atoms with van der Waals surface area (Å²) in [7, 11) is 1.59. The molecule has 110 valence electrons. The predicted octanol–water partition coefficient (Wildman–Crippen LogP) is 3.75. The highest BCUT2D eigenvalue weighted by molar-refractivity contribution is 6.32. The van der Waals surface area contributed by atoms with Gasteiger partial charge < -0.3 is 14.8 Å². The number of hydrogen-bond acceptors (Lipinski definition) is 3. The minimum atomic E-state index is -0.660. The summed E-state index contributed by atoms with van der Waals surface area (Å²) in [4.78, 5) is 12.1. The molecule has 21 heavy (non-hydrogen) atoms. The number of amides is 1. The molecule has 0 fully saturated rings. The van der Waals surface area contributed by atoms with Crippen LogP contribution >= 0.6 is 11.6 Å². The zero-order chi connectivity index (χ0) is 15.2. The first-order chi connectivity index (χ1) is 10.1. The molecule has 1 atom stereocenters. The Labute approximate surface area is 128 Å². The monoisotopic (exact) mass is 305 g/mol. The third-order valence-electron chi connectivity index (χ3n) is 2.87. The first kappa shape index (κ1) is 15.2. The van der Waals surface area contributed by atoms with E-state index in [2.05, 4.69) is 5.32 Å². The van der Waals surface area contributed by atoms with E-state index in [-0.39, 0.29) is 5.91 Å². The number of methoxy groups -OCH3 is 1. The summed E-state index contributed by atoms with van der Waals surface area (Å²) in [6.45, 7) is 1.67. The molecule has 2 aromatic rings. The van der Waals surface area contributed by atoms with Gasteiger partial charge in [0.15, 0.2) is 6.10 Å². The van der Waals surface area contributed by atoms with Crippen LogP contribution in [0.25, 0.3) is 0 Å². The summed E-state index contributed by atoms with van der Waals surface area (Å²) < 4.78 is 10.6. The van der Waals surface area contributed by atoms with E-state index in [0.29, 0.717) is 16.5 Å². The zero-order valence-electron chi connectivity index (χ0n) is 11.8. The van der Waals surface area contributed by atoms with Crippen LogP contribution in [-0.2, 0) is 4.79 Å². The molecule has 0 saturated heterocycles. The molecule has 4 nitrogen and oxygen atoms in total. The predicted molar refractivity (Wildman–Crippen MR) is 83.2 cm³/mol. The van der Waals surface area contributed by atoms with Gasteiger partial charge in [0.05, 0.1) is 12.1 Å². The van der Waals surface area contributed by atoms with Gasteiger partial charge in [-0.05, 0) is 43.3 Å². The quantitative estimate of drug-likeness (QED) is 0.915. The van der Waals surface area contributed by atoms with Crippen LogP contribution in [0.15, 0.2) is 48.5 Å². The van der Waals surface area contributed by atoms with Gasteiger partial charge in [0.25, 0.3) is 5.91 Å². The molecule has 0 aromatic heterocycles. The van der Waals surface area contributed by atoms with Crippen LogP contribution in [-0.4, -0.2) is 19.1 Å². The number of nitrogens with one attached hydrogen (secondary N) is 1. The minimum Gasteiger partial charge on any atom is -0.497 e. The van der Waals surface area contributed by atoms with Gasteiger partial charge in [0.2, 0.25) is 0 Å². The number of carbonyl (C=O) groups excluding carboxylic acids is 1. The summed E-state index contributed by atoms with van der Waals surface area (Å²) in [5, 5.41) is 3.24. The average molecular weight is 306 g/mol. The van der Waals surface area contributed by atoms with Crippen molar-refractivity contribution in [2.75, 3.05) is 12.4 Å². The fraction of sp³-hybridized carbons (Fsp3) is 0.188. The van der Waals surface area contributed by atoms with Crippen molar-refractivity contribution < 1.29 is 14.3 Å². The Kier molecular flexibility index (Phi) is 5.06. The molecule has 1 unspecified atom stereocenters. The Balaban J connectivity index is 1.97. The molecule has 0 heterocycles. The maximum Gasteiger partial charge on any atom is 0.265 e. The molecule has 0 bridgehead atoms. The van der Waals surface area contributed by atoms with E-state index in [1.165, 1.54) is 0 Å². The summed E-state index contributed by atoms with van der Waals surface area (Å²) in [6.07, 6.45) is -0.660. The maximum atomic E-state index is 12.1. The molecule has 0 aliphatic heterocycles. The number of hydrogen-bond donors (Lipinski definition) is 1. The van der Waals surface area contributed by atoms with Gasteiger partial charge in [0, 0.05) is 5.69 Å². The van der Waals surface area contributed by atoms with Crippen LogP contribution in [0, 0.1) is 0 Å². The molecule has 2 aromatic carbocycles. The second-order valence-electron chi connectivity index (χ2n) is 4.41. The van der Waals surface area contributed by atoms with Gasteiger partial charge in [-0.2, -0.15) is 0 Å². The lowest BCUT2D eigenvalue weighted by Crippen LogP contribution is -2.30. The minimum absolute atomic E-state index is 0.250. The number of carbonyl (C=O) groups is 1. The van der Waals surface area contributed by atoms with Gasteiger partial charge in [0.1, 0.15) is 11.5 Å². The van der Waals surface area contributed by atoms with Gasteiger partial charge >= 0.3 is 0 Å². The second-order valence-corrected chi connectivity index (χ2v) is 4.82. The SMILES string of the molecule is COc1ccc(NC(=O)C(C)Oc2ccccc2Cl)cc1. The first-order valence-corrected chi connectivity index (χ1v) is 6.84. The van der Waals surface area contributed by atoms with Crippen LogP contribution in [0.4, 0.5) is 5.69 Å². The molecular weight excluding hydrogens is 290 g/mol. The number of rotatable bonds is 5. The summed E-state index contributed by atoms with van der Waals surface area (Å²) in [5.41, 5.74) is 0.676. The zero-order valence-corrected chi connectivity index (χ0v) is 12.6. The van der Waals surface area contributed by atoms with Gasteiger partial charge in [-0.3, -0.25) is 4.79 Å². The molecule has 0 aliphatic carbocycles. The van der Waals surface area contributed by atoms with Crippen molar-refractivity contribution in [3.63, 3.8) is 0 Å². The highest BCUT2D eigenvalue weighted by atomic mass is 35.5. The van der Waals surface area contributed by atoms with Crippen molar-refractivity contribution in [3.05, 3.63) is 53.6 Å². The lowest BCUT2D eigenvalue weighted by atomic mass is 10.2.